The van der Waals surface area contributed by atoms with Gasteiger partial charge in [-0.2, -0.15) is 0 Å². The lowest BCUT2D eigenvalue weighted by molar-refractivity contribution is -0.117. The minimum atomic E-state index is -0.602. The number of anilines is 1. The van der Waals surface area contributed by atoms with Gasteiger partial charge in [0.05, 0.1) is 16.3 Å². The molecule has 1 heterocycles. The molecule has 0 bridgehead atoms. The summed E-state index contributed by atoms with van der Waals surface area (Å²) in [5.74, 6) is -1.32. The molecule has 0 aliphatic carbocycles. The van der Waals surface area contributed by atoms with Crippen molar-refractivity contribution >= 4 is 41.1 Å². The Hall–Kier alpha value is -3.90. The van der Waals surface area contributed by atoms with E-state index in [9.17, 15) is 14.4 Å². The molecule has 4 rings (SSSR count). The Morgan fingerprint density at radius 3 is 2.43 bits per heavy atom. The Morgan fingerprint density at radius 1 is 0.933 bits per heavy atom. The highest BCUT2D eigenvalue weighted by Gasteiger charge is 2.34. The zero-order valence-corrected chi connectivity index (χ0v) is 16.3. The van der Waals surface area contributed by atoms with Crippen LogP contribution >= 0.6 is 11.6 Å². The quantitative estimate of drug-likeness (QED) is 0.300. The van der Waals surface area contributed by atoms with E-state index in [1.807, 2.05) is 6.07 Å². The van der Waals surface area contributed by atoms with Crippen molar-refractivity contribution in [2.45, 2.75) is 0 Å². The van der Waals surface area contributed by atoms with Gasteiger partial charge in [-0.25, -0.2) is 9.80 Å². The van der Waals surface area contributed by atoms with E-state index in [-0.39, 0.29) is 21.9 Å². The topological polar surface area (TPSA) is 75.7 Å². The molecule has 7 heteroatoms. The van der Waals surface area contributed by atoms with Gasteiger partial charge < -0.3 is 4.74 Å². The molecule has 0 atom stereocenters. The first-order chi connectivity index (χ1) is 14.5. The van der Waals surface area contributed by atoms with Crippen LogP contribution in [0, 0.1) is 0 Å². The zero-order valence-electron chi connectivity index (χ0n) is 15.5. The predicted octanol–water partition coefficient (Wildman–Crippen LogP) is 4.02. The Morgan fingerprint density at radius 2 is 1.67 bits per heavy atom. The van der Waals surface area contributed by atoms with Crippen molar-refractivity contribution in [1.29, 1.82) is 0 Å². The second-order valence-corrected chi connectivity index (χ2v) is 6.82. The molecule has 1 N–H and O–H groups in total. The van der Waals surface area contributed by atoms with Gasteiger partial charge in [-0.05, 0) is 48.0 Å². The minimum Gasteiger partial charge on any atom is -0.423 e. The summed E-state index contributed by atoms with van der Waals surface area (Å²) in [5, 5.41) is 1.48. The fraction of sp³-hybridized carbons (Fsp3) is 0. The van der Waals surface area contributed by atoms with E-state index in [1.165, 1.54) is 11.1 Å². The minimum absolute atomic E-state index is 0.0200. The summed E-state index contributed by atoms with van der Waals surface area (Å²) in [5.41, 5.74) is 3.86. The van der Waals surface area contributed by atoms with Crippen molar-refractivity contribution in [3.05, 3.63) is 101 Å². The van der Waals surface area contributed by atoms with E-state index in [0.29, 0.717) is 11.3 Å². The third kappa shape index (κ3) is 3.94. The molecule has 1 aliphatic rings. The van der Waals surface area contributed by atoms with Gasteiger partial charge in [0.25, 0.3) is 11.8 Å². The maximum absolute atomic E-state index is 12.7. The van der Waals surface area contributed by atoms with E-state index in [2.05, 4.69) is 5.43 Å². The van der Waals surface area contributed by atoms with Gasteiger partial charge in [-0.1, -0.05) is 54.1 Å². The summed E-state index contributed by atoms with van der Waals surface area (Å²) in [7, 11) is 0. The Labute approximate surface area is 177 Å². The van der Waals surface area contributed by atoms with Crippen LogP contribution in [0.5, 0.6) is 5.75 Å². The first-order valence-corrected chi connectivity index (χ1v) is 9.40. The van der Waals surface area contributed by atoms with Gasteiger partial charge in [0.1, 0.15) is 11.3 Å². The first-order valence-electron chi connectivity index (χ1n) is 9.02. The van der Waals surface area contributed by atoms with Crippen molar-refractivity contribution in [2.24, 2.45) is 0 Å². The lowest BCUT2D eigenvalue weighted by atomic mass is 10.1. The predicted molar refractivity (Wildman–Crippen MR) is 113 cm³/mol. The number of amides is 2. The molecule has 0 radical (unpaired) electrons. The number of carbonyl (C=O) groups is 3. The third-order valence-electron chi connectivity index (χ3n) is 4.38. The monoisotopic (exact) mass is 418 g/mol. The molecule has 0 aromatic heterocycles. The first kappa shape index (κ1) is 19.4. The van der Waals surface area contributed by atoms with Crippen LogP contribution in [0.4, 0.5) is 5.69 Å². The van der Waals surface area contributed by atoms with Crippen LogP contribution in [0.15, 0.2) is 84.4 Å². The van der Waals surface area contributed by atoms with Crippen molar-refractivity contribution in [3.63, 3.8) is 0 Å². The molecule has 30 heavy (non-hydrogen) atoms. The highest BCUT2D eigenvalue weighted by molar-refractivity contribution is 6.33. The summed E-state index contributed by atoms with van der Waals surface area (Å²) in [6, 6.07) is 21.9. The fourth-order valence-electron chi connectivity index (χ4n) is 2.94. The SMILES string of the molecule is O=C1NN(c2ccccc2)C(=O)/C1=C/c1cccc(OC(=O)c2ccccc2Cl)c1. The van der Waals surface area contributed by atoms with Gasteiger partial charge in [0.2, 0.25) is 0 Å². The number of hydrogen-bond acceptors (Lipinski definition) is 4. The number of benzene rings is 3. The van der Waals surface area contributed by atoms with Crippen molar-refractivity contribution < 1.29 is 19.1 Å². The van der Waals surface area contributed by atoms with Crippen LogP contribution in [0.1, 0.15) is 15.9 Å². The summed E-state index contributed by atoms with van der Waals surface area (Å²) in [4.78, 5) is 37.3. The summed E-state index contributed by atoms with van der Waals surface area (Å²) >= 11 is 6.03. The number of esters is 1. The number of para-hydroxylation sites is 1. The number of carbonyl (C=O) groups excluding carboxylic acids is 3. The Kier molecular flexibility index (Phi) is 5.32. The molecule has 0 unspecified atom stereocenters. The molecule has 3 aromatic rings. The lowest BCUT2D eigenvalue weighted by Crippen LogP contribution is -2.35. The van der Waals surface area contributed by atoms with Crippen molar-refractivity contribution in [2.75, 3.05) is 5.01 Å². The number of nitrogens with zero attached hydrogens (tertiary/aromatic N) is 1. The van der Waals surface area contributed by atoms with E-state index >= 15 is 0 Å². The maximum Gasteiger partial charge on any atom is 0.345 e. The van der Waals surface area contributed by atoms with Gasteiger partial charge >= 0.3 is 5.97 Å². The number of hydrogen-bond donors (Lipinski definition) is 1. The molecule has 0 saturated carbocycles. The summed E-state index contributed by atoms with van der Waals surface area (Å²) in [6.45, 7) is 0. The molecule has 1 aliphatic heterocycles. The van der Waals surface area contributed by atoms with E-state index in [1.54, 1.807) is 72.8 Å². The summed E-state index contributed by atoms with van der Waals surface area (Å²) < 4.78 is 5.38. The number of halogens is 1. The second kappa shape index (κ2) is 8.23. The summed E-state index contributed by atoms with van der Waals surface area (Å²) in [6.07, 6.45) is 1.45. The number of hydrazine groups is 1. The molecule has 148 valence electrons. The second-order valence-electron chi connectivity index (χ2n) is 6.42. The Balaban J connectivity index is 1.56. The largest absolute Gasteiger partial charge is 0.423 e. The fourth-order valence-corrected chi connectivity index (χ4v) is 3.15. The zero-order chi connectivity index (χ0) is 21.1. The standard InChI is InChI=1S/C23H15ClN2O4/c24-20-12-5-4-11-18(20)23(29)30-17-10-6-7-15(13-17)14-19-21(27)25-26(22(19)28)16-8-2-1-3-9-16/h1-14H,(H,25,27)/b19-14+. The van der Waals surface area contributed by atoms with Crippen LogP contribution in [-0.4, -0.2) is 17.8 Å². The number of nitrogens with one attached hydrogen (secondary N) is 1. The smallest absolute Gasteiger partial charge is 0.345 e. The van der Waals surface area contributed by atoms with Gasteiger partial charge in [0, 0.05) is 0 Å². The van der Waals surface area contributed by atoms with Gasteiger partial charge in [-0.3, -0.25) is 15.0 Å². The van der Waals surface area contributed by atoms with Crippen LogP contribution in [0.25, 0.3) is 6.08 Å². The van der Waals surface area contributed by atoms with Gasteiger partial charge in [0.15, 0.2) is 0 Å². The average molecular weight is 419 g/mol. The van der Waals surface area contributed by atoms with Crippen LogP contribution in [-0.2, 0) is 9.59 Å². The molecule has 3 aromatic carbocycles. The molecular formula is C23H15ClN2O4. The van der Waals surface area contributed by atoms with Crippen LogP contribution in [0.2, 0.25) is 5.02 Å². The molecular weight excluding hydrogens is 404 g/mol. The molecule has 1 saturated heterocycles. The molecule has 0 spiro atoms. The van der Waals surface area contributed by atoms with E-state index in [4.69, 9.17) is 16.3 Å². The number of rotatable bonds is 4. The maximum atomic E-state index is 12.7. The van der Waals surface area contributed by atoms with Crippen molar-refractivity contribution in [1.82, 2.24) is 5.43 Å². The van der Waals surface area contributed by atoms with Crippen LogP contribution < -0.4 is 15.2 Å². The van der Waals surface area contributed by atoms with Crippen molar-refractivity contribution in [3.8, 4) is 5.75 Å². The highest BCUT2D eigenvalue weighted by atomic mass is 35.5. The third-order valence-corrected chi connectivity index (χ3v) is 4.71. The Bertz CT molecular complexity index is 1170. The highest BCUT2D eigenvalue weighted by Crippen LogP contribution is 2.23. The van der Waals surface area contributed by atoms with Gasteiger partial charge in [-0.15, -0.1) is 0 Å². The van der Waals surface area contributed by atoms with Crippen LogP contribution in [0.3, 0.4) is 0 Å². The normalized spacial score (nSPS) is 14.7. The molecule has 6 nitrogen and oxygen atoms in total. The van der Waals surface area contributed by atoms with E-state index < -0.39 is 17.8 Å². The lowest BCUT2D eigenvalue weighted by Gasteiger charge is -2.13. The average Bonchev–Trinajstić information content (AvgIpc) is 3.03. The van der Waals surface area contributed by atoms with E-state index in [0.717, 1.165) is 0 Å². The molecule has 2 amide bonds. The number of ether oxygens (including phenoxy) is 1. The molecule has 1 fully saturated rings.